The number of carbonyl (C=O) groups excluding carboxylic acids is 3. The van der Waals surface area contributed by atoms with Crippen LogP contribution in [0.2, 0.25) is 0 Å². The van der Waals surface area contributed by atoms with Crippen molar-refractivity contribution in [2.75, 3.05) is 12.8 Å². The first-order valence-electron chi connectivity index (χ1n) is 5.68. The van der Waals surface area contributed by atoms with Gasteiger partial charge >= 0.3 is 0 Å². The van der Waals surface area contributed by atoms with Crippen molar-refractivity contribution in [1.82, 2.24) is 10.2 Å². The fourth-order valence-corrected chi connectivity index (χ4v) is 2.45. The molecule has 1 atom stereocenters. The lowest BCUT2D eigenvalue weighted by atomic mass is 10.0. The lowest BCUT2D eigenvalue weighted by Gasteiger charge is -2.14. The highest BCUT2D eigenvalue weighted by molar-refractivity contribution is 7.80. The number of likely N-dealkylation sites (tertiary alicyclic amines) is 1. The Kier molecular flexibility index (Phi) is 3.16. The van der Waals surface area contributed by atoms with E-state index in [-0.39, 0.29) is 29.6 Å². The maximum Gasteiger partial charge on any atom is 0.252 e. The summed E-state index contributed by atoms with van der Waals surface area (Å²) in [6.07, 6.45) is 2.51. The van der Waals surface area contributed by atoms with Crippen LogP contribution >= 0.6 is 12.6 Å². The molecule has 0 spiro atoms. The Hall–Kier alpha value is -1.04. The van der Waals surface area contributed by atoms with Crippen LogP contribution in [-0.4, -0.2) is 41.5 Å². The molecule has 2 rings (SSSR count). The molecule has 3 amide bonds. The predicted octanol–water partition coefficient (Wildman–Crippen LogP) is -0.0400. The van der Waals surface area contributed by atoms with Gasteiger partial charge in [-0.25, -0.2) is 0 Å². The first-order valence-corrected chi connectivity index (χ1v) is 6.31. The smallest absolute Gasteiger partial charge is 0.252 e. The Balaban J connectivity index is 1.87. The number of thiol groups is 1. The van der Waals surface area contributed by atoms with E-state index < -0.39 is 6.04 Å². The van der Waals surface area contributed by atoms with Gasteiger partial charge in [0, 0.05) is 13.5 Å². The Bertz CT molecular complexity index is 379. The molecule has 0 radical (unpaired) electrons. The van der Waals surface area contributed by atoms with Crippen molar-refractivity contribution in [2.45, 2.75) is 31.7 Å². The summed E-state index contributed by atoms with van der Waals surface area (Å²) in [5.41, 5.74) is 0.0325. The zero-order valence-corrected chi connectivity index (χ0v) is 10.6. The third kappa shape index (κ3) is 2.46. The second-order valence-corrected chi connectivity index (χ2v) is 5.27. The molecule has 1 saturated carbocycles. The van der Waals surface area contributed by atoms with E-state index in [1.807, 2.05) is 0 Å². The van der Waals surface area contributed by atoms with Crippen molar-refractivity contribution in [3.8, 4) is 0 Å². The molecule has 0 aromatic heterocycles. The summed E-state index contributed by atoms with van der Waals surface area (Å²) in [6.45, 7) is 0. The fraction of sp³-hybridized carbons (Fsp3) is 0.727. The average molecular weight is 256 g/mol. The molecule has 5 nitrogen and oxygen atoms in total. The van der Waals surface area contributed by atoms with Crippen molar-refractivity contribution in [1.29, 1.82) is 0 Å². The van der Waals surface area contributed by atoms with Gasteiger partial charge in [-0.3, -0.25) is 19.3 Å². The Labute approximate surface area is 105 Å². The zero-order valence-electron chi connectivity index (χ0n) is 9.73. The van der Waals surface area contributed by atoms with E-state index in [1.165, 1.54) is 7.05 Å². The van der Waals surface area contributed by atoms with Gasteiger partial charge < -0.3 is 5.32 Å². The standard InChI is InChI=1S/C11H16N2O3S/c1-13-9(15)4-7(10(13)16)12-8(14)5-11(6-17)2-3-11/h7,17H,2-6H2,1H3,(H,12,14). The number of hydrogen-bond acceptors (Lipinski definition) is 4. The lowest BCUT2D eigenvalue weighted by Crippen LogP contribution is -2.41. The quantitative estimate of drug-likeness (QED) is 0.548. The highest BCUT2D eigenvalue weighted by Gasteiger charge is 2.44. The topological polar surface area (TPSA) is 66.5 Å². The minimum atomic E-state index is -0.671. The summed E-state index contributed by atoms with van der Waals surface area (Å²) in [4.78, 5) is 35.7. The minimum Gasteiger partial charge on any atom is -0.344 e. The Morgan fingerprint density at radius 1 is 1.53 bits per heavy atom. The van der Waals surface area contributed by atoms with E-state index in [9.17, 15) is 14.4 Å². The number of nitrogens with zero attached hydrogens (tertiary/aromatic N) is 1. The monoisotopic (exact) mass is 256 g/mol. The van der Waals surface area contributed by atoms with Crippen molar-refractivity contribution >= 4 is 30.4 Å². The molecule has 1 heterocycles. The Morgan fingerprint density at radius 3 is 2.59 bits per heavy atom. The summed E-state index contributed by atoms with van der Waals surface area (Å²) in [6, 6.07) is -0.671. The van der Waals surface area contributed by atoms with Gasteiger partial charge in [0.2, 0.25) is 11.8 Å². The molecule has 1 N–H and O–H groups in total. The number of nitrogens with one attached hydrogen (secondary N) is 1. The van der Waals surface area contributed by atoms with E-state index in [2.05, 4.69) is 17.9 Å². The summed E-state index contributed by atoms with van der Waals surface area (Å²) in [5.74, 6) is -0.0228. The van der Waals surface area contributed by atoms with E-state index in [1.54, 1.807) is 0 Å². The number of amides is 3. The molecule has 1 unspecified atom stereocenters. The first-order chi connectivity index (χ1) is 7.97. The van der Waals surface area contributed by atoms with Crippen LogP contribution in [0.3, 0.4) is 0 Å². The maximum atomic E-state index is 11.7. The van der Waals surface area contributed by atoms with Crippen LogP contribution < -0.4 is 5.32 Å². The summed E-state index contributed by atoms with van der Waals surface area (Å²) in [7, 11) is 1.44. The van der Waals surface area contributed by atoms with Crippen LogP contribution in [0, 0.1) is 5.41 Å². The number of likely N-dealkylation sites (N-methyl/N-ethyl adjacent to an activating group) is 1. The summed E-state index contributed by atoms with van der Waals surface area (Å²) in [5, 5.41) is 2.63. The highest BCUT2D eigenvalue weighted by atomic mass is 32.1. The fourth-order valence-electron chi connectivity index (χ4n) is 2.02. The number of imide groups is 1. The van der Waals surface area contributed by atoms with E-state index in [4.69, 9.17) is 0 Å². The van der Waals surface area contributed by atoms with E-state index in [0.29, 0.717) is 12.2 Å². The van der Waals surface area contributed by atoms with Gasteiger partial charge in [0.05, 0.1) is 6.42 Å². The molecule has 94 valence electrons. The van der Waals surface area contributed by atoms with Crippen molar-refractivity contribution < 1.29 is 14.4 Å². The van der Waals surface area contributed by atoms with Gasteiger partial charge in [-0.15, -0.1) is 0 Å². The van der Waals surface area contributed by atoms with Crippen LogP contribution in [0.25, 0.3) is 0 Å². The molecular formula is C11H16N2O3S. The Morgan fingerprint density at radius 2 is 2.18 bits per heavy atom. The van der Waals surface area contributed by atoms with Crippen molar-refractivity contribution in [3.05, 3.63) is 0 Å². The molecule has 0 aromatic rings. The predicted molar refractivity (Wildman–Crippen MR) is 64.5 cm³/mol. The highest BCUT2D eigenvalue weighted by Crippen LogP contribution is 2.49. The SMILES string of the molecule is CN1C(=O)CC(NC(=O)CC2(CS)CC2)C1=O. The normalized spacial score (nSPS) is 26.2. The second kappa shape index (κ2) is 4.33. The molecule has 2 aliphatic rings. The molecule has 6 heteroatoms. The molecule has 1 saturated heterocycles. The molecule has 1 aliphatic carbocycles. The van der Waals surface area contributed by atoms with Crippen LogP contribution in [0.4, 0.5) is 0 Å². The van der Waals surface area contributed by atoms with Crippen LogP contribution in [0.1, 0.15) is 25.7 Å². The van der Waals surface area contributed by atoms with E-state index in [0.717, 1.165) is 17.7 Å². The van der Waals surface area contributed by atoms with Gasteiger partial charge in [-0.05, 0) is 24.0 Å². The molecule has 2 fully saturated rings. The van der Waals surface area contributed by atoms with Crippen molar-refractivity contribution in [3.63, 3.8) is 0 Å². The van der Waals surface area contributed by atoms with E-state index >= 15 is 0 Å². The van der Waals surface area contributed by atoms with Gasteiger partial charge in [0.1, 0.15) is 6.04 Å². The summed E-state index contributed by atoms with van der Waals surface area (Å²) < 4.78 is 0. The third-order valence-corrected chi connectivity index (χ3v) is 4.22. The van der Waals surface area contributed by atoms with Gasteiger partial charge in [0.25, 0.3) is 5.91 Å². The number of carbonyl (C=O) groups is 3. The zero-order chi connectivity index (χ0) is 12.6. The van der Waals surface area contributed by atoms with Crippen LogP contribution in [0.5, 0.6) is 0 Å². The van der Waals surface area contributed by atoms with Crippen molar-refractivity contribution in [2.24, 2.45) is 5.41 Å². The first kappa shape index (κ1) is 12.4. The second-order valence-electron chi connectivity index (χ2n) is 4.95. The molecule has 17 heavy (non-hydrogen) atoms. The largest absolute Gasteiger partial charge is 0.344 e. The minimum absolute atomic E-state index is 0.0325. The average Bonchev–Trinajstić information content (AvgIpc) is 3.01. The maximum absolute atomic E-state index is 11.7. The lowest BCUT2D eigenvalue weighted by molar-refractivity contribution is -0.138. The molecular weight excluding hydrogens is 240 g/mol. The van der Waals surface area contributed by atoms with Gasteiger partial charge in [-0.2, -0.15) is 12.6 Å². The van der Waals surface area contributed by atoms with Crippen LogP contribution in [-0.2, 0) is 14.4 Å². The number of rotatable bonds is 4. The molecule has 1 aliphatic heterocycles. The van der Waals surface area contributed by atoms with Crippen LogP contribution in [0.15, 0.2) is 0 Å². The van der Waals surface area contributed by atoms with Gasteiger partial charge in [-0.1, -0.05) is 0 Å². The molecule has 0 aromatic carbocycles. The van der Waals surface area contributed by atoms with Gasteiger partial charge in [0.15, 0.2) is 0 Å². The molecule has 0 bridgehead atoms. The summed E-state index contributed by atoms with van der Waals surface area (Å²) >= 11 is 4.22. The number of hydrogen-bond donors (Lipinski definition) is 2. The third-order valence-electron chi connectivity index (χ3n) is 3.54.